The van der Waals surface area contributed by atoms with Gasteiger partial charge in [-0.2, -0.15) is 0 Å². The first-order valence-electron chi connectivity index (χ1n) is 25.7. The summed E-state index contributed by atoms with van der Waals surface area (Å²) in [5, 5.41) is 12.8. The van der Waals surface area contributed by atoms with Crippen LogP contribution in [-0.4, -0.2) is 4.57 Å². The molecule has 0 atom stereocenters. The molecule has 75 heavy (non-hydrogen) atoms. The highest BCUT2D eigenvalue weighted by Gasteiger charge is 2.18. The fraction of sp³-hybridized carbons (Fsp3) is 0. The van der Waals surface area contributed by atoms with Gasteiger partial charge in [0.05, 0.1) is 11.0 Å². The van der Waals surface area contributed by atoms with Crippen LogP contribution in [0.2, 0.25) is 0 Å². The van der Waals surface area contributed by atoms with E-state index in [1.807, 2.05) is 11.3 Å². The number of benzene rings is 13. The minimum atomic E-state index is 1.09. The molecule has 0 spiro atoms. The zero-order chi connectivity index (χ0) is 49.4. The lowest BCUT2D eigenvalue weighted by Crippen LogP contribution is -2.09. The lowest BCUT2D eigenvalue weighted by atomic mass is 9.92. The summed E-state index contributed by atoms with van der Waals surface area (Å²) in [5.41, 5.74) is 16.4. The Kier molecular flexibility index (Phi) is 10.1. The van der Waals surface area contributed by atoms with E-state index in [0.29, 0.717) is 0 Å². The van der Waals surface area contributed by atoms with Gasteiger partial charge in [-0.1, -0.05) is 212 Å². The second kappa shape index (κ2) is 17.6. The summed E-state index contributed by atoms with van der Waals surface area (Å²) in [4.78, 5) is 2.38. The highest BCUT2D eigenvalue weighted by Crippen LogP contribution is 2.45. The normalized spacial score (nSPS) is 11.7. The minimum absolute atomic E-state index is 1.09. The zero-order valence-electron chi connectivity index (χ0n) is 40.9. The lowest BCUT2D eigenvalue weighted by Gasteiger charge is -2.26. The molecule has 0 amide bonds. The van der Waals surface area contributed by atoms with Crippen LogP contribution >= 0.6 is 11.3 Å². The predicted octanol–water partition coefficient (Wildman–Crippen LogP) is 20.7. The van der Waals surface area contributed by atoms with Gasteiger partial charge in [0.2, 0.25) is 0 Å². The molecule has 0 aliphatic heterocycles. The van der Waals surface area contributed by atoms with Crippen molar-refractivity contribution in [1.29, 1.82) is 0 Å². The van der Waals surface area contributed by atoms with E-state index < -0.39 is 0 Å². The first-order valence-corrected chi connectivity index (χ1v) is 26.5. The number of thiophene rings is 1. The predicted molar refractivity (Wildman–Crippen MR) is 323 cm³/mol. The van der Waals surface area contributed by atoms with E-state index in [1.165, 1.54) is 113 Å². The molecule has 2 nitrogen and oxygen atoms in total. The number of nitrogens with zero attached hydrogens (tertiary/aromatic N) is 2. The van der Waals surface area contributed by atoms with Gasteiger partial charge in [0.15, 0.2) is 0 Å². The zero-order valence-corrected chi connectivity index (χ0v) is 41.7. The van der Waals surface area contributed by atoms with Crippen molar-refractivity contribution in [3.05, 3.63) is 279 Å². The fourth-order valence-corrected chi connectivity index (χ4v) is 13.1. The Balaban J connectivity index is 0.793. The Hall–Kier alpha value is -9.54. The lowest BCUT2D eigenvalue weighted by molar-refractivity contribution is 1.18. The van der Waals surface area contributed by atoms with Crippen LogP contribution in [0.25, 0.3) is 124 Å². The molecule has 0 radical (unpaired) electrons. The van der Waals surface area contributed by atoms with Gasteiger partial charge in [-0.05, 0) is 144 Å². The van der Waals surface area contributed by atoms with Gasteiger partial charge >= 0.3 is 0 Å². The Bertz CT molecular complexity index is 4620. The fourth-order valence-electron chi connectivity index (χ4n) is 11.8. The van der Waals surface area contributed by atoms with Crippen LogP contribution in [0.15, 0.2) is 279 Å². The maximum atomic E-state index is 2.39. The van der Waals surface area contributed by atoms with Crippen molar-refractivity contribution in [2.24, 2.45) is 0 Å². The molecule has 0 saturated heterocycles. The first-order chi connectivity index (χ1) is 37.2. The maximum absolute atomic E-state index is 2.39. The van der Waals surface area contributed by atoms with Crippen molar-refractivity contribution in [1.82, 2.24) is 4.57 Å². The van der Waals surface area contributed by atoms with Crippen LogP contribution in [-0.2, 0) is 0 Å². The van der Waals surface area contributed by atoms with Crippen LogP contribution in [0.4, 0.5) is 17.1 Å². The monoisotopic (exact) mass is 970 g/mol. The van der Waals surface area contributed by atoms with E-state index >= 15 is 0 Å². The Morgan fingerprint density at radius 1 is 0.253 bits per heavy atom. The first kappa shape index (κ1) is 43.1. The number of hydrogen-bond donors (Lipinski definition) is 0. The van der Waals surface area contributed by atoms with Crippen LogP contribution in [0, 0.1) is 0 Å². The number of anilines is 3. The molecule has 0 fully saturated rings. The third-order valence-electron chi connectivity index (χ3n) is 15.4. The summed E-state index contributed by atoms with van der Waals surface area (Å²) in [6, 6.07) is 103. The Morgan fingerprint density at radius 2 is 0.720 bits per heavy atom. The van der Waals surface area contributed by atoms with Crippen molar-refractivity contribution < 1.29 is 0 Å². The van der Waals surface area contributed by atoms with Crippen molar-refractivity contribution in [2.45, 2.75) is 0 Å². The van der Waals surface area contributed by atoms with Gasteiger partial charge in [-0.3, -0.25) is 0 Å². The van der Waals surface area contributed by atoms with Crippen LogP contribution in [0.5, 0.6) is 0 Å². The molecule has 0 aliphatic rings. The quantitative estimate of drug-likeness (QED) is 0.138. The standard InChI is InChI=1S/C72H46N2S/c1-4-18-60-50(13-1)37-44-67-66-24-12-23-61(71(66)75-72(60)67)51-35-42-57(43-36-51)73(56-40-33-49(34-41-56)53-15-11-16-58(45-53)74-69-25-9-7-21-64(69)65-22-8-10-26-70(65)74)55-38-31-48(32-39-55)47-27-29-52(30-28-47)68-46-54-14-2-3-17-59(54)62-19-5-6-20-63(62)68/h1-46H. The van der Waals surface area contributed by atoms with Crippen molar-refractivity contribution in [3.8, 4) is 50.2 Å². The van der Waals surface area contributed by atoms with Gasteiger partial charge in [0.1, 0.15) is 0 Å². The molecule has 0 N–H and O–H groups in total. The molecule has 0 bridgehead atoms. The highest BCUT2D eigenvalue weighted by molar-refractivity contribution is 7.27. The van der Waals surface area contributed by atoms with Crippen LogP contribution < -0.4 is 4.90 Å². The molecule has 3 heteroatoms. The number of fused-ring (bicyclic) bond motifs is 11. The van der Waals surface area contributed by atoms with E-state index in [4.69, 9.17) is 0 Å². The van der Waals surface area contributed by atoms with Crippen molar-refractivity contribution in [2.75, 3.05) is 4.90 Å². The van der Waals surface area contributed by atoms with Crippen molar-refractivity contribution >= 4 is 103 Å². The summed E-state index contributed by atoms with van der Waals surface area (Å²) >= 11 is 1.90. The maximum Gasteiger partial charge on any atom is 0.0541 e. The summed E-state index contributed by atoms with van der Waals surface area (Å²) in [5.74, 6) is 0. The third kappa shape index (κ3) is 7.23. The van der Waals surface area contributed by atoms with Crippen LogP contribution in [0.3, 0.4) is 0 Å². The average Bonchev–Trinajstić information content (AvgIpc) is 4.08. The molecular weight excluding hydrogens is 925 g/mol. The molecule has 0 aliphatic carbocycles. The van der Waals surface area contributed by atoms with E-state index in [2.05, 4.69) is 289 Å². The third-order valence-corrected chi connectivity index (χ3v) is 16.7. The van der Waals surface area contributed by atoms with Crippen molar-refractivity contribution in [3.63, 3.8) is 0 Å². The molecular formula is C72H46N2S. The molecule has 350 valence electrons. The molecule has 0 saturated carbocycles. The van der Waals surface area contributed by atoms with E-state index in [9.17, 15) is 0 Å². The number of aromatic nitrogens is 1. The molecule has 13 aromatic carbocycles. The average molecular weight is 971 g/mol. The molecule has 15 rings (SSSR count). The topological polar surface area (TPSA) is 8.17 Å². The SMILES string of the molecule is c1cc(-c2ccc(N(c3ccc(-c4ccc(-c5cc6ccccc6c6ccccc56)cc4)cc3)c3ccc(-c4cccc5c4sc4c6ccccc6ccc54)cc3)cc2)cc(-n2c3ccccc3c3ccccc32)c1. The summed E-state index contributed by atoms with van der Waals surface area (Å²) in [6.07, 6.45) is 0. The summed E-state index contributed by atoms with van der Waals surface area (Å²) in [7, 11) is 0. The van der Waals surface area contributed by atoms with Gasteiger partial charge in [-0.15, -0.1) is 11.3 Å². The second-order valence-electron chi connectivity index (χ2n) is 19.6. The summed E-state index contributed by atoms with van der Waals surface area (Å²) in [6.45, 7) is 0. The van der Waals surface area contributed by atoms with Gasteiger partial charge in [-0.25, -0.2) is 0 Å². The van der Waals surface area contributed by atoms with E-state index in [-0.39, 0.29) is 0 Å². The van der Waals surface area contributed by atoms with Gasteiger partial charge in [0.25, 0.3) is 0 Å². The van der Waals surface area contributed by atoms with E-state index in [1.54, 1.807) is 0 Å². The molecule has 2 heterocycles. The number of para-hydroxylation sites is 2. The molecule has 2 aromatic heterocycles. The second-order valence-corrected chi connectivity index (χ2v) is 20.6. The number of rotatable bonds is 8. The van der Waals surface area contributed by atoms with Gasteiger partial charge < -0.3 is 9.47 Å². The number of hydrogen-bond acceptors (Lipinski definition) is 2. The van der Waals surface area contributed by atoms with Gasteiger partial charge in [0, 0.05) is 53.7 Å². The minimum Gasteiger partial charge on any atom is -0.311 e. The Morgan fingerprint density at radius 3 is 1.39 bits per heavy atom. The largest absolute Gasteiger partial charge is 0.311 e. The smallest absolute Gasteiger partial charge is 0.0541 e. The summed E-state index contributed by atoms with van der Waals surface area (Å²) < 4.78 is 5.06. The highest BCUT2D eigenvalue weighted by atomic mass is 32.1. The molecule has 15 aromatic rings. The Labute approximate surface area is 438 Å². The molecule has 0 unspecified atom stereocenters. The van der Waals surface area contributed by atoms with Crippen LogP contribution in [0.1, 0.15) is 0 Å². The van der Waals surface area contributed by atoms with E-state index in [0.717, 1.165) is 28.3 Å².